The van der Waals surface area contributed by atoms with Crippen molar-refractivity contribution in [3.8, 4) is 5.75 Å². The van der Waals surface area contributed by atoms with Crippen molar-refractivity contribution >= 4 is 22.7 Å². The third-order valence-corrected chi connectivity index (χ3v) is 5.44. The zero-order valence-corrected chi connectivity index (χ0v) is 26.0. The maximum absolute atomic E-state index is 12.0. The molecule has 1 aromatic heterocycles. The SMILES string of the molecule is CC(C)C.C[O-].Cc1cc(COc2ccc(CC3CC3C(=O)NCC(N)=O)cc2)c2ccccc2n1.[K+]. The van der Waals surface area contributed by atoms with Gasteiger partial charge in [0.1, 0.15) is 12.4 Å². The van der Waals surface area contributed by atoms with E-state index in [-0.39, 0.29) is 69.8 Å². The molecule has 37 heavy (non-hydrogen) atoms. The van der Waals surface area contributed by atoms with Gasteiger partial charge in [0.2, 0.25) is 11.8 Å². The molecule has 2 aromatic carbocycles. The van der Waals surface area contributed by atoms with E-state index in [1.807, 2.05) is 49.4 Å². The van der Waals surface area contributed by atoms with E-state index < -0.39 is 5.91 Å². The fourth-order valence-corrected chi connectivity index (χ4v) is 3.80. The number of ether oxygens (including phenoxy) is 1. The molecule has 3 N–H and O–H groups in total. The number of aromatic nitrogens is 1. The van der Waals surface area contributed by atoms with Crippen molar-refractivity contribution in [2.24, 2.45) is 23.5 Å². The fraction of sp³-hybridized carbons (Fsp3) is 0.414. The first kappa shape index (κ1) is 33.2. The van der Waals surface area contributed by atoms with Crippen LogP contribution in [0.25, 0.3) is 10.9 Å². The molecule has 1 heterocycles. The smallest absolute Gasteiger partial charge is 0.857 e. The maximum atomic E-state index is 12.0. The second kappa shape index (κ2) is 16.9. The first-order valence-corrected chi connectivity index (χ1v) is 12.3. The largest absolute Gasteiger partial charge is 1.00 e. The van der Waals surface area contributed by atoms with Gasteiger partial charge in [0.25, 0.3) is 0 Å². The van der Waals surface area contributed by atoms with Gasteiger partial charge in [-0.25, -0.2) is 0 Å². The summed E-state index contributed by atoms with van der Waals surface area (Å²) >= 11 is 0. The molecule has 7 nitrogen and oxygen atoms in total. The second-order valence-electron chi connectivity index (χ2n) is 9.60. The van der Waals surface area contributed by atoms with Crippen LogP contribution in [0.3, 0.4) is 0 Å². The first-order chi connectivity index (χ1) is 17.2. The van der Waals surface area contributed by atoms with E-state index in [9.17, 15) is 9.59 Å². The second-order valence-corrected chi connectivity index (χ2v) is 9.60. The van der Waals surface area contributed by atoms with Crippen LogP contribution in [0, 0.1) is 24.7 Å². The Balaban J connectivity index is 0.000000894. The number of primary amides is 1. The Labute approximate surface area is 263 Å². The molecule has 8 heteroatoms. The van der Waals surface area contributed by atoms with Crippen LogP contribution >= 0.6 is 0 Å². The number of para-hydroxylation sites is 1. The molecular weight excluding hydrogens is 493 g/mol. The maximum Gasteiger partial charge on any atom is 1.00 e. The monoisotopic (exact) mass is 531 g/mol. The van der Waals surface area contributed by atoms with Gasteiger partial charge < -0.3 is 20.9 Å². The van der Waals surface area contributed by atoms with Gasteiger partial charge in [0.05, 0.1) is 12.1 Å². The van der Waals surface area contributed by atoms with E-state index in [1.165, 1.54) is 5.56 Å². The van der Waals surface area contributed by atoms with E-state index in [0.717, 1.165) is 53.8 Å². The number of fused-ring (bicyclic) bond motifs is 1. The van der Waals surface area contributed by atoms with Gasteiger partial charge in [-0.05, 0) is 61.4 Å². The molecule has 194 valence electrons. The molecule has 1 saturated carbocycles. The Kier molecular flexibility index (Phi) is 15.2. The van der Waals surface area contributed by atoms with E-state index in [2.05, 4.69) is 43.2 Å². The molecule has 2 unspecified atom stereocenters. The molecule has 1 fully saturated rings. The van der Waals surface area contributed by atoms with E-state index in [0.29, 0.717) is 12.5 Å². The topological polar surface area (TPSA) is 117 Å². The van der Waals surface area contributed by atoms with E-state index >= 15 is 0 Å². The molecule has 0 radical (unpaired) electrons. The van der Waals surface area contributed by atoms with Gasteiger partial charge in [-0.15, -0.1) is 0 Å². The van der Waals surface area contributed by atoms with Crippen LogP contribution in [-0.2, 0) is 22.6 Å². The Morgan fingerprint density at radius 3 is 2.35 bits per heavy atom. The summed E-state index contributed by atoms with van der Waals surface area (Å²) < 4.78 is 6.01. The Morgan fingerprint density at radius 2 is 1.73 bits per heavy atom. The van der Waals surface area contributed by atoms with Crippen LogP contribution < -0.4 is 72.3 Å². The summed E-state index contributed by atoms with van der Waals surface area (Å²) in [5, 5.41) is 11.9. The molecule has 2 atom stereocenters. The van der Waals surface area contributed by atoms with Crippen molar-refractivity contribution in [1.82, 2.24) is 10.3 Å². The average molecular weight is 532 g/mol. The summed E-state index contributed by atoms with van der Waals surface area (Å²) in [6, 6.07) is 18.2. The van der Waals surface area contributed by atoms with Gasteiger partial charge in [-0.2, -0.15) is 7.11 Å². The van der Waals surface area contributed by atoms with Crippen molar-refractivity contribution in [1.29, 1.82) is 0 Å². The molecular formula is C29H38KN3O4. The van der Waals surface area contributed by atoms with Crippen LogP contribution in [-0.4, -0.2) is 30.5 Å². The normalized spacial score (nSPS) is 15.3. The van der Waals surface area contributed by atoms with Crippen molar-refractivity contribution in [3.63, 3.8) is 0 Å². The number of benzene rings is 2. The van der Waals surface area contributed by atoms with Gasteiger partial charge in [-0.3, -0.25) is 14.6 Å². The predicted molar refractivity (Wildman–Crippen MR) is 141 cm³/mol. The van der Waals surface area contributed by atoms with Crippen molar-refractivity contribution in [3.05, 3.63) is 71.4 Å². The Bertz CT molecular complexity index is 1130. The Morgan fingerprint density at radius 1 is 1.11 bits per heavy atom. The van der Waals surface area contributed by atoms with E-state index in [4.69, 9.17) is 15.6 Å². The van der Waals surface area contributed by atoms with Crippen LogP contribution in [0.2, 0.25) is 0 Å². The average Bonchev–Trinajstić information content (AvgIpc) is 3.62. The van der Waals surface area contributed by atoms with Gasteiger partial charge in [0, 0.05) is 22.6 Å². The standard InChI is InChI=1S/C24H25N3O3.C4H10.CH3O.K/c1-15-10-18(20-4-2-3-5-22(20)27-15)14-30-19-8-6-16(7-9-19)11-17-12-21(17)24(29)26-13-23(25)28;1-4(2)3;1-2;/h2-10,17,21H,11-14H2,1H3,(H2,25,28)(H,26,29);4H,1-3H3;1H3;/q;;-1;+1. The minimum Gasteiger partial charge on any atom is -0.857 e. The van der Waals surface area contributed by atoms with Gasteiger partial charge >= 0.3 is 51.4 Å². The quantitative estimate of drug-likeness (QED) is 0.412. The third-order valence-electron chi connectivity index (χ3n) is 5.44. The summed E-state index contributed by atoms with van der Waals surface area (Å²) in [4.78, 5) is 27.3. The number of nitrogens with one attached hydrogen (secondary N) is 1. The minimum atomic E-state index is -0.522. The zero-order chi connectivity index (χ0) is 26.7. The zero-order valence-electron chi connectivity index (χ0n) is 22.9. The number of aryl methyl sites for hydroxylation is 1. The van der Waals surface area contributed by atoms with Crippen LogP contribution in [0.1, 0.15) is 44.0 Å². The number of carbonyl (C=O) groups is 2. The summed E-state index contributed by atoms with van der Waals surface area (Å²) in [6.07, 6.45) is 1.68. The molecule has 0 saturated heterocycles. The Hall–Kier alpha value is -1.81. The van der Waals surface area contributed by atoms with Crippen LogP contribution in [0.4, 0.5) is 0 Å². The van der Waals surface area contributed by atoms with Crippen molar-refractivity contribution in [2.45, 2.75) is 47.1 Å². The number of hydrogen-bond acceptors (Lipinski definition) is 5. The predicted octanol–water partition coefficient (Wildman–Crippen LogP) is 0.545. The van der Waals surface area contributed by atoms with E-state index in [1.54, 1.807) is 0 Å². The minimum absolute atomic E-state index is 0. The number of amides is 2. The van der Waals surface area contributed by atoms with Crippen LogP contribution in [0.5, 0.6) is 5.75 Å². The number of rotatable bonds is 8. The first-order valence-electron chi connectivity index (χ1n) is 12.3. The fourth-order valence-electron chi connectivity index (χ4n) is 3.80. The number of nitrogens with zero attached hydrogens (tertiary/aromatic N) is 1. The molecule has 1 aliphatic rings. The number of hydrogen-bond donors (Lipinski definition) is 2. The summed E-state index contributed by atoms with van der Waals surface area (Å²) in [7, 11) is 0.750. The summed E-state index contributed by atoms with van der Waals surface area (Å²) in [6.45, 7) is 8.87. The van der Waals surface area contributed by atoms with Gasteiger partial charge in [-0.1, -0.05) is 51.1 Å². The summed E-state index contributed by atoms with van der Waals surface area (Å²) in [5.74, 6) is 1.33. The third kappa shape index (κ3) is 11.6. The molecule has 0 aliphatic heterocycles. The number of pyridine rings is 1. The number of carbonyl (C=O) groups excluding carboxylic acids is 2. The van der Waals surface area contributed by atoms with Crippen molar-refractivity contribution in [2.75, 3.05) is 13.7 Å². The molecule has 0 bridgehead atoms. The summed E-state index contributed by atoms with van der Waals surface area (Å²) in [5.41, 5.74) is 9.30. The molecule has 2 amide bonds. The number of nitrogens with two attached hydrogens (primary N) is 1. The van der Waals surface area contributed by atoms with Crippen molar-refractivity contribution < 1.29 is 70.8 Å². The molecule has 1 aliphatic carbocycles. The molecule has 0 spiro atoms. The molecule has 3 aromatic rings. The molecule has 4 rings (SSSR count). The van der Waals surface area contributed by atoms with Gasteiger partial charge in [0.15, 0.2) is 0 Å². The van der Waals surface area contributed by atoms with Crippen LogP contribution in [0.15, 0.2) is 54.6 Å².